The van der Waals surface area contributed by atoms with Crippen LogP contribution in [0.4, 0.5) is 13.2 Å². The zero-order chi connectivity index (χ0) is 14.8. The summed E-state index contributed by atoms with van der Waals surface area (Å²) in [5.41, 5.74) is -1.90. The van der Waals surface area contributed by atoms with Crippen molar-refractivity contribution in [2.24, 2.45) is 0 Å². The predicted octanol–water partition coefficient (Wildman–Crippen LogP) is 2.26. The summed E-state index contributed by atoms with van der Waals surface area (Å²) in [5.74, 6) is -3.69. The second-order valence-electron chi connectivity index (χ2n) is 3.61. The molecule has 0 amide bonds. The van der Waals surface area contributed by atoms with Gasteiger partial charge < -0.3 is 14.9 Å². The fourth-order valence-corrected chi connectivity index (χ4v) is 1.23. The highest BCUT2D eigenvalue weighted by atomic mass is 19.4. The predicted molar refractivity (Wildman–Crippen MR) is 56.1 cm³/mol. The van der Waals surface area contributed by atoms with Crippen LogP contribution in [0.15, 0.2) is 18.2 Å². The van der Waals surface area contributed by atoms with Crippen molar-refractivity contribution in [3.63, 3.8) is 0 Å². The second-order valence-corrected chi connectivity index (χ2v) is 3.61. The third-order valence-corrected chi connectivity index (χ3v) is 2.18. The highest BCUT2D eigenvalue weighted by Gasteiger charge is 2.36. The van der Waals surface area contributed by atoms with Gasteiger partial charge in [0.2, 0.25) is 0 Å². The summed E-state index contributed by atoms with van der Waals surface area (Å²) in [5, 5.41) is 17.2. The van der Waals surface area contributed by atoms with Gasteiger partial charge in [0.15, 0.2) is 6.10 Å². The molecule has 0 aliphatic rings. The third kappa shape index (κ3) is 3.60. The van der Waals surface area contributed by atoms with Gasteiger partial charge in [-0.25, -0.2) is 9.59 Å². The molecule has 2 N–H and O–H groups in total. The summed E-state index contributed by atoms with van der Waals surface area (Å²) in [6, 6.07) is 2.08. The maximum atomic E-state index is 12.7. The number of rotatable bonds is 4. The fourth-order valence-electron chi connectivity index (χ4n) is 1.23. The topological polar surface area (TPSA) is 83.8 Å². The summed E-state index contributed by atoms with van der Waals surface area (Å²) >= 11 is 0. The molecule has 0 fully saturated rings. The van der Waals surface area contributed by atoms with Crippen LogP contribution in [0.5, 0.6) is 5.75 Å². The molecule has 1 aromatic carbocycles. The first-order valence-corrected chi connectivity index (χ1v) is 4.97. The molecule has 19 heavy (non-hydrogen) atoms. The van der Waals surface area contributed by atoms with Crippen LogP contribution in [0.1, 0.15) is 22.8 Å². The van der Waals surface area contributed by atoms with Crippen molar-refractivity contribution in [1.29, 1.82) is 0 Å². The molecule has 5 nitrogen and oxygen atoms in total. The Morgan fingerprint density at radius 1 is 1.26 bits per heavy atom. The zero-order valence-corrected chi connectivity index (χ0v) is 9.56. The number of hydrogen-bond acceptors (Lipinski definition) is 3. The summed E-state index contributed by atoms with van der Waals surface area (Å²) in [6.45, 7) is 1.06. The van der Waals surface area contributed by atoms with Crippen LogP contribution in [0.3, 0.4) is 0 Å². The molecule has 0 aromatic heterocycles. The second kappa shape index (κ2) is 5.17. The lowest BCUT2D eigenvalue weighted by atomic mass is 10.1. The van der Waals surface area contributed by atoms with E-state index in [4.69, 9.17) is 10.2 Å². The van der Waals surface area contributed by atoms with Gasteiger partial charge in [-0.2, -0.15) is 13.2 Å². The number of aromatic carboxylic acids is 1. The van der Waals surface area contributed by atoms with E-state index in [0.29, 0.717) is 6.07 Å². The Bertz CT molecular complexity index is 510. The highest BCUT2D eigenvalue weighted by Crippen LogP contribution is 2.37. The van der Waals surface area contributed by atoms with E-state index in [1.165, 1.54) is 0 Å². The molecule has 8 heteroatoms. The molecule has 0 heterocycles. The van der Waals surface area contributed by atoms with E-state index in [1.54, 1.807) is 0 Å². The van der Waals surface area contributed by atoms with E-state index < -0.39 is 41.1 Å². The maximum absolute atomic E-state index is 12.7. The SMILES string of the molecule is CC(Oc1ccc(C(=O)O)cc1C(F)(F)F)C(=O)O. The molecule has 1 atom stereocenters. The molecule has 0 saturated carbocycles. The molecule has 1 rings (SSSR count). The van der Waals surface area contributed by atoms with Crippen LogP contribution >= 0.6 is 0 Å². The molecule has 0 bridgehead atoms. The van der Waals surface area contributed by atoms with Gasteiger partial charge in [-0.15, -0.1) is 0 Å². The minimum absolute atomic E-state index is 0.395. The Morgan fingerprint density at radius 2 is 1.84 bits per heavy atom. The Labute approximate surface area is 105 Å². The number of ether oxygens (including phenoxy) is 1. The van der Waals surface area contributed by atoms with Crippen molar-refractivity contribution in [2.75, 3.05) is 0 Å². The van der Waals surface area contributed by atoms with Crippen LogP contribution in [-0.4, -0.2) is 28.3 Å². The number of carboxylic acid groups (broad SMARTS) is 2. The van der Waals surface area contributed by atoms with Gasteiger partial charge in [-0.1, -0.05) is 0 Å². The lowest BCUT2D eigenvalue weighted by Gasteiger charge is -2.16. The molecular formula is C11H9F3O5. The summed E-state index contributed by atoms with van der Waals surface area (Å²) in [4.78, 5) is 21.2. The first-order chi connectivity index (χ1) is 8.62. The molecule has 0 spiro atoms. The third-order valence-electron chi connectivity index (χ3n) is 2.18. The van der Waals surface area contributed by atoms with Crippen molar-refractivity contribution in [2.45, 2.75) is 19.2 Å². The van der Waals surface area contributed by atoms with E-state index in [-0.39, 0.29) is 0 Å². The average molecular weight is 278 g/mol. The summed E-state index contributed by atoms with van der Waals surface area (Å²) < 4.78 is 42.8. The molecule has 0 aliphatic heterocycles. The largest absolute Gasteiger partial charge is 0.479 e. The number of carbonyl (C=O) groups is 2. The number of benzene rings is 1. The quantitative estimate of drug-likeness (QED) is 0.882. The van der Waals surface area contributed by atoms with Crippen LogP contribution < -0.4 is 4.74 Å². The van der Waals surface area contributed by atoms with Crippen molar-refractivity contribution < 1.29 is 37.7 Å². The van der Waals surface area contributed by atoms with E-state index in [1.807, 2.05) is 0 Å². The monoisotopic (exact) mass is 278 g/mol. The highest BCUT2D eigenvalue weighted by molar-refractivity contribution is 5.88. The van der Waals surface area contributed by atoms with Crippen LogP contribution in [-0.2, 0) is 11.0 Å². The van der Waals surface area contributed by atoms with E-state index in [0.717, 1.165) is 19.1 Å². The van der Waals surface area contributed by atoms with Crippen molar-refractivity contribution >= 4 is 11.9 Å². The number of hydrogen-bond donors (Lipinski definition) is 2. The minimum atomic E-state index is -4.85. The molecule has 0 radical (unpaired) electrons. The molecule has 104 valence electrons. The summed E-state index contributed by atoms with van der Waals surface area (Å²) in [7, 11) is 0. The van der Waals surface area contributed by atoms with Crippen LogP contribution in [0, 0.1) is 0 Å². The Balaban J connectivity index is 3.24. The molecule has 0 aliphatic carbocycles. The van der Waals surface area contributed by atoms with Crippen LogP contribution in [0.2, 0.25) is 0 Å². The van der Waals surface area contributed by atoms with Gasteiger partial charge in [0, 0.05) is 0 Å². The molecule has 1 unspecified atom stereocenters. The van der Waals surface area contributed by atoms with Gasteiger partial charge in [0.05, 0.1) is 11.1 Å². The van der Waals surface area contributed by atoms with Crippen molar-refractivity contribution in [3.05, 3.63) is 29.3 Å². The van der Waals surface area contributed by atoms with Gasteiger partial charge in [-0.3, -0.25) is 0 Å². The van der Waals surface area contributed by atoms with Gasteiger partial charge >= 0.3 is 18.1 Å². The van der Waals surface area contributed by atoms with Crippen LogP contribution in [0.25, 0.3) is 0 Å². The fraction of sp³-hybridized carbons (Fsp3) is 0.273. The van der Waals surface area contributed by atoms with Crippen molar-refractivity contribution in [1.82, 2.24) is 0 Å². The number of halogens is 3. The number of aliphatic carboxylic acids is 1. The van der Waals surface area contributed by atoms with E-state index in [2.05, 4.69) is 4.74 Å². The molecule has 0 saturated heterocycles. The summed E-state index contributed by atoms with van der Waals surface area (Å²) in [6.07, 6.45) is -6.34. The lowest BCUT2D eigenvalue weighted by Crippen LogP contribution is -2.24. The number of carboxylic acids is 2. The lowest BCUT2D eigenvalue weighted by molar-refractivity contribution is -0.147. The minimum Gasteiger partial charge on any atom is -0.479 e. The number of alkyl halides is 3. The molecule has 1 aromatic rings. The Hall–Kier alpha value is -2.25. The standard InChI is InChI=1S/C11H9F3O5/c1-5(9(15)16)19-8-3-2-6(10(17)18)4-7(8)11(12,13)14/h2-5H,1H3,(H,15,16)(H,17,18). The average Bonchev–Trinajstić information content (AvgIpc) is 2.27. The van der Waals surface area contributed by atoms with E-state index in [9.17, 15) is 22.8 Å². The maximum Gasteiger partial charge on any atom is 0.419 e. The normalized spacial score (nSPS) is 12.8. The Kier molecular flexibility index (Phi) is 4.03. The van der Waals surface area contributed by atoms with E-state index >= 15 is 0 Å². The smallest absolute Gasteiger partial charge is 0.419 e. The van der Waals surface area contributed by atoms with Gasteiger partial charge in [-0.05, 0) is 25.1 Å². The van der Waals surface area contributed by atoms with Crippen molar-refractivity contribution in [3.8, 4) is 5.75 Å². The first-order valence-electron chi connectivity index (χ1n) is 4.97. The zero-order valence-electron chi connectivity index (χ0n) is 9.56. The van der Waals surface area contributed by atoms with Gasteiger partial charge in [0.1, 0.15) is 5.75 Å². The Morgan fingerprint density at radius 3 is 2.26 bits per heavy atom. The first kappa shape index (κ1) is 14.8. The molecular weight excluding hydrogens is 269 g/mol. The van der Waals surface area contributed by atoms with Gasteiger partial charge in [0.25, 0.3) is 0 Å².